The zero-order chi connectivity index (χ0) is 12.8. The van der Waals surface area contributed by atoms with Gasteiger partial charge in [-0.05, 0) is 19.8 Å². The molecule has 0 aliphatic carbocycles. The van der Waals surface area contributed by atoms with E-state index in [0.29, 0.717) is 0 Å². The molecule has 0 amide bonds. The highest BCUT2D eigenvalue weighted by Gasteiger charge is 2.00. The highest BCUT2D eigenvalue weighted by molar-refractivity contribution is 9.09. The lowest BCUT2D eigenvalue weighted by Crippen LogP contribution is -2.02. The van der Waals surface area contributed by atoms with Gasteiger partial charge in [-0.2, -0.15) is 0 Å². The first-order valence-corrected chi connectivity index (χ1v) is 6.46. The third-order valence-electron chi connectivity index (χ3n) is 1.80. The van der Waals surface area contributed by atoms with Crippen LogP contribution in [0.4, 0.5) is 0 Å². The Balaban J connectivity index is 0. The maximum absolute atomic E-state index is 9.63. The third-order valence-corrected chi connectivity index (χ3v) is 2.28. The molecular weight excluding hydrogens is 278 g/mol. The number of carboxylic acid groups (broad SMARTS) is 1. The predicted octanol–water partition coefficient (Wildman–Crippen LogP) is 3.51. The molecule has 0 rings (SSSR count). The van der Waals surface area contributed by atoms with E-state index in [1.54, 1.807) is 0 Å². The Morgan fingerprint density at radius 3 is 2.38 bits per heavy atom. The molecule has 0 aromatic heterocycles. The van der Waals surface area contributed by atoms with E-state index in [4.69, 9.17) is 5.11 Å². The first kappa shape index (κ1) is 17.7. The molecule has 0 aromatic rings. The highest BCUT2D eigenvalue weighted by atomic mass is 79.9. The van der Waals surface area contributed by atoms with Crippen LogP contribution in [0.5, 0.6) is 0 Å². The molecule has 0 saturated heterocycles. The van der Waals surface area contributed by atoms with Crippen LogP contribution in [0.2, 0.25) is 0 Å². The third kappa shape index (κ3) is 19.0. The number of halogens is 1. The van der Waals surface area contributed by atoms with Gasteiger partial charge in [-0.1, -0.05) is 42.1 Å². The van der Waals surface area contributed by atoms with Crippen molar-refractivity contribution in [1.82, 2.24) is 0 Å². The van der Waals surface area contributed by atoms with Crippen molar-refractivity contribution < 1.29 is 14.7 Å². The van der Waals surface area contributed by atoms with E-state index in [1.807, 2.05) is 6.92 Å². The van der Waals surface area contributed by atoms with Gasteiger partial charge in [-0.3, -0.25) is 4.79 Å². The van der Waals surface area contributed by atoms with Crippen molar-refractivity contribution in [2.24, 2.45) is 5.34 Å². The summed E-state index contributed by atoms with van der Waals surface area (Å²) in [5, 5.41) is 10.1. The van der Waals surface area contributed by atoms with Crippen molar-refractivity contribution in [2.45, 2.75) is 52.1 Å². The minimum Gasteiger partial charge on any atom is -0.481 e. The van der Waals surface area contributed by atoms with Crippen LogP contribution >= 0.6 is 15.9 Å². The lowest BCUT2D eigenvalue weighted by molar-refractivity contribution is -0.133. The maximum atomic E-state index is 9.63. The van der Waals surface area contributed by atoms with Gasteiger partial charge in [0.1, 0.15) is 11.4 Å². The SMILES string of the molecule is CCCCCCC(C)ON=O.O=C(O)CBr. The average molecular weight is 298 g/mol. The zero-order valence-electron chi connectivity index (χ0n) is 9.82. The molecular formula is C10H20BrNO4. The Bertz CT molecular complexity index is 178. The highest BCUT2D eigenvalue weighted by Crippen LogP contribution is 2.07. The van der Waals surface area contributed by atoms with Crippen LogP contribution in [0.25, 0.3) is 0 Å². The summed E-state index contributed by atoms with van der Waals surface area (Å²) >= 11 is 2.71. The number of hydrogen-bond acceptors (Lipinski definition) is 4. The van der Waals surface area contributed by atoms with Gasteiger partial charge in [0, 0.05) is 0 Å². The van der Waals surface area contributed by atoms with E-state index in [2.05, 4.69) is 33.0 Å². The summed E-state index contributed by atoms with van der Waals surface area (Å²) in [5.74, 6) is -0.829. The number of alkyl halides is 1. The molecule has 6 heteroatoms. The van der Waals surface area contributed by atoms with Crippen molar-refractivity contribution >= 4 is 21.9 Å². The summed E-state index contributed by atoms with van der Waals surface area (Å²) < 4.78 is 0. The molecule has 0 spiro atoms. The van der Waals surface area contributed by atoms with Crippen LogP contribution in [0, 0.1) is 4.91 Å². The summed E-state index contributed by atoms with van der Waals surface area (Å²) in [6.45, 7) is 4.04. The number of rotatable bonds is 8. The molecule has 0 radical (unpaired) electrons. The van der Waals surface area contributed by atoms with Crippen LogP contribution < -0.4 is 0 Å². The minimum atomic E-state index is -0.829. The maximum Gasteiger partial charge on any atom is 0.314 e. The van der Waals surface area contributed by atoms with Crippen LogP contribution in [-0.2, 0) is 9.63 Å². The fourth-order valence-corrected chi connectivity index (χ4v) is 0.985. The lowest BCUT2D eigenvalue weighted by Gasteiger charge is -2.05. The summed E-state index contributed by atoms with van der Waals surface area (Å²) in [6.07, 6.45) is 5.78. The Labute approximate surface area is 105 Å². The van der Waals surface area contributed by atoms with Gasteiger partial charge in [-0.15, -0.1) is 4.91 Å². The summed E-state index contributed by atoms with van der Waals surface area (Å²) in [5.41, 5.74) is 0. The number of carboxylic acids is 1. The van der Waals surface area contributed by atoms with Crippen molar-refractivity contribution in [3.05, 3.63) is 4.91 Å². The Kier molecular flexibility index (Phi) is 15.9. The number of unbranched alkanes of at least 4 members (excludes halogenated alkanes) is 3. The molecule has 0 aliphatic heterocycles. The van der Waals surface area contributed by atoms with Gasteiger partial charge in [0.05, 0.1) is 0 Å². The average Bonchev–Trinajstić information content (AvgIpc) is 2.26. The van der Waals surface area contributed by atoms with Crippen molar-refractivity contribution in [3.8, 4) is 0 Å². The smallest absolute Gasteiger partial charge is 0.314 e. The van der Waals surface area contributed by atoms with E-state index in [-0.39, 0.29) is 11.4 Å². The first-order chi connectivity index (χ1) is 7.58. The Morgan fingerprint density at radius 1 is 1.44 bits per heavy atom. The molecule has 16 heavy (non-hydrogen) atoms. The van der Waals surface area contributed by atoms with Crippen LogP contribution in [0.15, 0.2) is 5.34 Å². The number of hydrogen-bond donors (Lipinski definition) is 1. The van der Waals surface area contributed by atoms with Crippen molar-refractivity contribution in [2.75, 3.05) is 5.33 Å². The molecule has 0 bridgehead atoms. The molecule has 1 unspecified atom stereocenters. The number of carbonyl (C=O) groups is 1. The van der Waals surface area contributed by atoms with Gasteiger partial charge in [0.15, 0.2) is 5.34 Å². The second-order valence-electron chi connectivity index (χ2n) is 3.37. The minimum absolute atomic E-state index is 0.00986. The van der Waals surface area contributed by atoms with Gasteiger partial charge >= 0.3 is 5.97 Å². The lowest BCUT2D eigenvalue weighted by atomic mass is 10.1. The van der Waals surface area contributed by atoms with E-state index >= 15 is 0 Å². The largest absolute Gasteiger partial charge is 0.481 e. The molecule has 1 atom stereocenters. The van der Waals surface area contributed by atoms with Crippen molar-refractivity contribution in [3.63, 3.8) is 0 Å². The fraction of sp³-hybridized carbons (Fsp3) is 0.900. The molecule has 0 heterocycles. The van der Waals surface area contributed by atoms with E-state index < -0.39 is 5.97 Å². The molecule has 0 saturated carbocycles. The van der Waals surface area contributed by atoms with Gasteiger partial charge in [-0.25, -0.2) is 0 Å². The van der Waals surface area contributed by atoms with Crippen LogP contribution in [-0.4, -0.2) is 22.5 Å². The van der Waals surface area contributed by atoms with E-state index in [1.165, 1.54) is 19.3 Å². The molecule has 5 nitrogen and oxygen atoms in total. The molecule has 96 valence electrons. The normalized spacial score (nSPS) is 10.9. The Hall–Kier alpha value is -0.650. The summed E-state index contributed by atoms with van der Waals surface area (Å²) in [7, 11) is 0. The first-order valence-electron chi connectivity index (χ1n) is 5.34. The standard InChI is InChI=1S/C8H17NO2.C2H3BrO2/c1-3-4-5-6-7-8(2)11-9-10;3-1-2(4)5/h8H,3-7H2,1-2H3;1H2,(H,4,5). The second-order valence-corrected chi connectivity index (χ2v) is 3.93. The fourth-order valence-electron chi connectivity index (χ4n) is 0.985. The predicted molar refractivity (Wildman–Crippen MR) is 66.5 cm³/mol. The summed E-state index contributed by atoms with van der Waals surface area (Å²) in [6, 6.07) is 0. The Morgan fingerprint density at radius 2 is 2.00 bits per heavy atom. The zero-order valence-corrected chi connectivity index (χ0v) is 11.4. The second kappa shape index (κ2) is 14.3. The topological polar surface area (TPSA) is 76.0 Å². The molecule has 0 aliphatic rings. The molecule has 0 fully saturated rings. The van der Waals surface area contributed by atoms with Gasteiger partial charge < -0.3 is 9.94 Å². The van der Waals surface area contributed by atoms with Crippen LogP contribution in [0.1, 0.15) is 46.0 Å². The number of aliphatic carboxylic acids is 1. The monoisotopic (exact) mass is 297 g/mol. The molecule has 1 N–H and O–H groups in total. The number of nitrogens with zero attached hydrogens (tertiary/aromatic N) is 1. The van der Waals surface area contributed by atoms with Gasteiger partial charge in [0.25, 0.3) is 0 Å². The quantitative estimate of drug-likeness (QED) is 0.322. The van der Waals surface area contributed by atoms with Crippen molar-refractivity contribution in [1.29, 1.82) is 0 Å². The van der Waals surface area contributed by atoms with E-state index in [9.17, 15) is 9.70 Å². The summed E-state index contributed by atoms with van der Waals surface area (Å²) in [4.78, 5) is 23.4. The molecule has 0 aromatic carbocycles. The van der Waals surface area contributed by atoms with Crippen LogP contribution in [0.3, 0.4) is 0 Å². The van der Waals surface area contributed by atoms with E-state index in [0.717, 1.165) is 12.8 Å². The van der Waals surface area contributed by atoms with Gasteiger partial charge in [0.2, 0.25) is 0 Å².